The lowest BCUT2D eigenvalue weighted by Gasteiger charge is -2.33. The first-order valence-corrected chi connectivity index (χ1v) is 10.5. The first kappa shape index (κ1) is 22.1. The number of pyridine rings is 2. The number of alkyl halides is 3. The monoisotopic (exact) mass is 470 g/mol. The summed E-state index contributed by atoms with van der Waals surface area (Å²) in [6, 6.07) is 5.29. The van der Waals surface area contributed by atoms with Gasteiger partial charge in [0.2, 0.25) is 0 Å². The van der Waals surface area contributed by atoms with E-state index in [4.69, 9.17) is 10.5 Å². The number of fused-ring (bicyclic) bond motifs is 4. The van der Waals surface area contributed by atoms with Gasteiger partial charge in [0.15, 0.2) is 0 Å². The van der Waals surface area contributed by atoms with Gasteiger partial charge in [-0.15, -0.1) is 0 Å². The van der Waals surface area contributed by atoms with Crippen molar-refractivity contribution in [3.63, 3.8) is 0 Å². The van der Waals surface area contributed by atoms with Gasteiger partial charge >= 0.3 is 6.18 Å². The number of aromatic nitrogens is 4. The smallest absolute Gasteiger partial charge is 0.382 e. The summed E-state index contributed by atoms with van der Waals surface area (Å²) in [5.41, 5.74) is 8.29. The largest absolute Gasteiger partial charge is 0.433 e. The Hall–Kier alpha value is -3.73. The first-order valence-electron chi connectivity index (χ1n) is 10.5. The molecule has 176 valence electrons. The average molecular weight is 470 g/mol. The van der Waals surface area contributed by atoms with Crippen LogP contribution in [0.15, 0.2) is 30.5 Å². The molecule has 8 nitrogen and oxygen atoms in total. The van der Waals surface area contributed by atoms with Crippen LogP contribution in [0.1, 0.15) is 38.9 Å². The highest BCUT2D eigenvalue weighted by Crippen LogP contribution is 2.35. The Morgan fingerprint density at radius 2 is 2.00 bits per heavy atom. The van der Waals surface area contributed by atoms with Gasteiger partial charge < -0.3 is 15.4 Å². The summed E-state index contributed by atoms with van der Waals surface area (Å²) in [6.45, 7) is 1.91. The van der Waals surface area contributed by atoms with Gasteiger partial charge in [-0.3, -0.25) is 9.48 Å². The van der Waals surface area contributed by atoms with E-state index in [9.17, 15) is 18.0 Å². The number of nitrogens with zero attached hydrogens (tertiary/aromatic N) is 5. The number of hydrogen-bond donors (Lipinski definition) is 1. The number of carbonyl (C=O) groups is 1. The molecule has 0 saturated carbocycles. The van der Waals surface area contributed by atoms with Crippen molar-refractivity contribution in [3.8, 4) is 0 Å². The molecule has 0 bridgehead atoms. The van der Waals surface area contributed by atoms with Crippen molar-refractivity contribution < 1.29 is 22.7 Å². The first-order chi connectivity index (χ1) is 16.1. The molecule has 1 aliphatic heterocycles. The van der Waals surface area contributed by atoms with Crippen LogP contribution in [0.4, 0.5) is 19.0 Å². The Labute approximate surface area is 192 Å². The van der Waals surface area contributed by atoms with Crippen LogP contribution in [-0.2, 0) is 24.6 Å². The van der Waals surface area contributed by atoms with Gasteiger partial charge in [-0.1, -0.05) is 6.07 Å². The highest BCUT2D eigenvalue weighted by molar-refractivity contribution is 6.11. The predicted molar refractivity (Wildman–Crippen MR) is 119 cm³/mol. The standard InChI is InChI=1S/C23H21F3N6O2/c1-11-6-16-14(15-8-28-32(3)20(15)21(27)30-16)7-13(11)22(33)31(2)18-10-34-9-17-12(18)4-5-19(29-17)23(24,25)26/h4-8,18H,9-10H2,1-3H3,(H2,27,30)/t18-/m1/s1. The zero-order valence-corrected chi connectivity index (χ0v) is 18.6. The normalized spacial score (nSPS) is 16.1. The summed E-state index contributed by atoms with van der Waals surface area (Å²) >= 11 is 0. The molecule has 1 aromatic carbocycles. The van der Waals surface area contributed by atoms with Crippen LogP contribution in [0.3, 0.4) is 0 Å². The highest BCUT2D eigenvalue weighted by atomic mass is 19.4. The van der Waals surface area contributed by atoms with Crippen LogP contribution in [0, 0.1) is 6.92 Å². The van der Waals surface area contributed by atoms with Gasteiger partial charge in [-0.05, 0) is 30.7 Å². The second kappa shape index (κ2) is 7.66. The van der Waals surface area contributed by atoms with Gasteiger partial charge in [0.05, 0.1) is 36.7 Å². The number of nitrogens with two attached hydrogens (primary N) is 1. The second-order valence-electron chi connectivity index (χ2n) is 8.39. The maximum absolute atomic E-state index is 13.6. The molecule has 1 atom stereocenters. The third-order valence-electron chi connectivity index (χ3n) is 6.25. The van der Waals surface area contributed by atoms with Crippen molar-refractivity contribution in [3.05, 3.63) is 58.5 Å². The number of hydrogen-bond acceptors (Lipinski definition) is 6. The van der Waals surface area contributed by atoms with E-state index in [0.717, 1.165) is 16.8 Å². The Morgan fingerprint density at radius 3 is 2.74 bits per heavy atom. The zero-order chi connectivity index (χ0) is 24.4. The summed E-state index contributed by atoms with van der Waals surface area (Å²) in [7, 11) is 3.37. The SMILES string of the molecule is Cc1cc2nc(N)c3c(cnn3C)c2cc1C(=O)N(C)[C@@H]1COCc2nc(C(F)(F)F)ccc21. The molecule has 34 heavy (non-hydrogen) atoms. The molecule has 4 aromatic rings. The number of carbonyl (C=O) groups excluding carboxylic acids is 1. The van der Waals surface area contributed by atoms with Crippen molar-refractivity contribution in [2.75, 3.05) is 19.4 Å². The molecule has 11 heteroatoms. The van der Waals surface area contributed by atoms with Crippen molar-refractivity contribution in [2.45, 2.75) is 25.7 Å². The lowest BCUT2D eigenvalue weighted by molar-refractivity contribution is -0.141. The molecular weight excluding hydrogens is 449 g/mol. The van der Waals surface area contributed by atoms with Gasteiger partial charge in [0, 0.05) is 36.0 Å². The minimum absolute atomic E-state index is 0.0428. The minimum atomic E-state index is -4.55. The number of ether oxygens (including phenoxy) is 1. The molecule has 0 aliphatic carbocycles. The highest BCUT2D eigenvalue weighted by Gasteiger charge is 2.36. The Bertz CT molecular complexity index is 1460. The fraction of sp³-hybridized carbons (Fsp3) is 0.304. The molecule has 1 aliphatic rings. The Kier molecular flexibility index (Phi) is 4.97. The van der Waals surface area contributed by atoms with E-state index >= 15 is 0 Å². The van der Waals surface area contributed by atoms with Gasteiger partial charge in [-0.25, -0.2) is 9.97 Å². The number of rotatable bonds is 2. The molecular formula is C23H21F3N6O2. The average Bonchev–Trinajstić information content (AvgIpc) is 3.18. The van der Waals surface area contributed by atoms with Crippen LogP contribution >= 0.6 is 0 Å². The molecule has 4 heterocycles. The summed E-state index contributed by atoms with van der Waals surface area (Å²) in [5.74, 6) is 0.0504. The molecule has 0 fully saturated rings. The van der Waals surface area contributed by atoms with Gasteiger partial charge in [0.25, 0.3) is 5.91 Å². The van der Waals surface area contributed by atoms with Gasteiger partial charge in [0.1, 0.15) is 17.0 Å². The number of amides is 1. The van der Waals surface area contributed by atoms with E-state index in [1.807, 2.05) is 0 Å². The van der Waals surface area contributed by atoms with Crippen LogP contribution in [0.5, 0.6) is 0 Å². The maximum atomic E-state index is 13.6. The van der Waals surface area contributed by atoms with Crippen molar-refractivity contribution in [1.29, 1.82) is 0 Å². The molecule has 0 saturated heterocycles. The molecule has 2 N–H and O–H groups in total. The molecule has 0 radical (unpaired) electrons. The summed E-state index contributed by atoms with van der Waals surface area (Å²) in [5, 5.41) is 5.77. The van der Waals surface area contributed by atoms with E-state index in [0.29, 0.717) is 33.5 Å². The molecule has 0 spiro atoms. The summed E-state index contributed by atoms with van der Waals surface area (Å²) in [4.78, 5) is 23.2. The zero-order valence-electron chi connectivity index (χ0n) is 18.6. The Balaban J connectivity index is 1.55. The number of benzene rings is 1. The molecule has 5 rings (SSSR count). The Morgan fingerprint density at radius 1 is 1.24 bits per heavy atom. The molecule has 0 unspecified atom stereocenters. The third-order valence-corrected chi connectivity index (χ3v) is 6.25. The quantitative estimate of drug-likeness (QED) is 0.479. The fourth-order valence-electron chi connectivity index (χ4n) is 4.45. The number of halogens is 3. The fourth-order valence-corrected chi connectivity index (χ4v) is 4.45. The van der Waals surface area contributed by atoms with E-state index in [-0.39, 0.29) is 24.8 Å². The summed E-state index contributed by atoms with van der Waals surface area (Å²) in [6.07, 6.45) is -2.88. The third kappa shape index (κ3) is 3.43. The van der Waals surface area contributed by atoms with Crippen molar-refractivity contribution in [2.24, 2.45) is 7.05 Å². The van der Waals surface area contributed by atoms with Crippen molar-refractivity contribution >= 4 is 33.5 Å². The maximum Gasteiger partial charge on any atom is 0.433 e. The number of likely N-dealkylation sites (N-methyl/N-ethyl adjacent to an activating group) is 1. The lowest BCUT2D eigenvalue weighted by atomic mass is 9.98. The van der Waals surface area contributed by atoms with Crippen LogP contribution in [0.2, 0.25) is 0 Å². The second-order valence-corrected chi connectivity index (χ2v) is 8.39. The molecule has 3 aromatic heterocycles. The van der Waals surface area contributed by atoms with Crippen LogP contribution < -0.4 is 5.73 Å². The van der Waals surface area contributed by atoms with Crippen molar-refractivity contribution in [1.82, 2.24) is 24.6 Å². The van der Waals surface area contributed by atoms with E-state index < -0.39 is 17.9 Å². The predicted octanol–water partition coefficient (Wildman–Crippen LogP) is 3.77. The van der Waals surface area contributed by atoms with Gasteiger partial charge in [-0.2, -0.15) is 18.3 Å². The van der Waals surface area contributed by atoms with E-state index in [1.54, 1.807) is 44.0 Å². The summed E-state index contributed by atoms with van der Waals surface area (Å²) < 4.78 is 46.4. The molecule has 1 amide bonds. The number of aryl methyl sites for hydroxylation is 2. The van der Waals surface area contributed by atoms with E-state index in [2.05, 4.69) is 15.1 Å². The topological polar surface area (TPSA) is 99.2 Å². The van der Waals surface area contributed by atoms with Crippen LogP contribution in [-0.4, -0.2) is 44.2 Å². The lowest BCUT2D eigenvalue weighted by Crippen LogP contribution is -2.37. The number of anilines is 1. The minimum Gasteiger partial charge on any atom is -0.382 e. The van der Waals surface area contributed by atoms with E-state index in [1.165, 1.54) is 11.0 Å². The number of nitrogen functional groups attached to an aromatic ring is 1. The van der Waals surface area contributed by atoms with Crippen LogP contribution in [0.25, 0.3) is 21.8 Å².